The molecule has 0 saturated carbocycles. The lowest BCUT2D eigenvalue weighted by molar-refractivity contribution is -0.157. The number of nitrogens with one attached hydrogen (secondary N) is 1. The van der Waals surface area contributed by atoms with Crippen molar-refractivity contribution in [1.29, 1.82) is 5.26 Å². The van der Waals surface area contributed by atoms with Gasteiger partial charge < -0.3 is 5.32 Å². The summed E-state index contributed by atoms with van der Waals surface area (Å²) in [5.74, 6) is -1.97. The van der Waals surface area contributed by atoms with Gasteiger partial charge >= 0.3 is 6.18 Å². The van der Waals surface area contributed by atoms with Gasteiger partial charge in [-0.2, -0.15) is 18.4 Å². The fraction of sp³-hybridized carbons (Fsp3) is 0.462. The molecule has 5 heteroatoms. The van der Waals surface area contributed by atoms with Crippen LogP contribution in [0.15, 0.2) is 24.3 Å². The number of hydrogen-bond donors (Lipinski definition) is 1. The zero-order chi connectivity index (χ0) is 13.8. The average Bonchev–Trinajstić information content (AvgIpc) is 2.28. The van der Waals surface area contributed by atoms with Gasteiger partial charge in [0.1, 0.15) is 0 Å². The number of hydrogen-bond acceptors (Lipinski definition) is 2. The van der Waals surface area contributed by atoms with E-state index >= 15 is 0 Å². The highest BCUT2D eigenvalue weighted by Crippen LogP contribution is 2.25. The van der Waals surface area contributed by atoms with E-state index in [9.17, 15) is 13.2 Å². The van der Waals surface area contributed by atoms with Crippen molar-refractivity contribution in [2.45, 2.75) is 26.1 Å². The van der Waals surface area contributed by atoms with Gasteiger partial charge in [-0.25, -0.2) is 0 Å². The van der Waals surface area contributed by atoms with Gasteiger partial charge in [-0.05, 0) is 19.4 Å². The smallest absolute Gasteiger partial charge is 0.309 e. The molecule has 0 aliphatic rings. The maximum absolute atomic E-state index is 12.4. The summed E-state index contributed by atoms with van der Waals surface area (Å²) >= 11 is 0. The molecule has 18 heavy (non-hydrogen) atoms. The van der Waals surface area contributed by atoms with Crippen LogP contribution < -0.4 is 5.32 Å². The van der Waals surface area contributed by atoms with Gasteiger partial charge in [0.15, 0.2) is 5.92 Å². The molecule has 0 saturated heterocycles. The van der Waals surface area contributed by atoms with Gasteiger partial charge in [0.05, 0.1) is 6.07 Å². The Balaban J connectivity index is 2.58. The maximum atomic E-state index is 12.4. The monoisotopic (exact) mass is 256 g/mol. The molecule has 0 fully saturated rings. The predicted octanol–water partition coefficient (Wildman–Crippen LogP) is 3.35. The lowest BCUT2D eigenvalue weighted by atomic mass is 10.1. The third-order valence-electron chi connectivity index (χ3n) is 2.76. The van der Waals surface area contributed by atoms with Crippen molar-refractivity contribution in [2.24, 2.45) is 5.92 Å². The van der Waals surface area contributed by atoms with Crippen molar-refractivity contribution < 1.29 is 13.2 Å². The summed E-state index contributed by atoms with van der Waals surface area (Å²) in [6, 6.07) is 8.58. The number of nitriles is 1. The Labute approximate surface area is 104 Å². The fourth-order valence-electron chi connectivity index (χ4n) is 1.50. The highest BCUT2D eigenvalue weighted by Gasteiger charge is 2.39. The second-order valence-corrected chi connectivity index (χ2v) is 4.26. The first-order valence-electron chi connectivity index (χ1n) is 5.61. The van der Waals surface area contributed by atoms with E-state index in [0.717, 1.165) is 11.1 Å². The van der Waals surface area contributed by atoms with E-state index in [2.05, 4.69) is 5.32 Å². The van der Waals surface area contributed by atoms with E-state index in [1.807, 2.05) is 31.2 Å². The van der Waals surface area contributed by atoms with Gasteiger partial charge in [0.25, 0.3) is 0 Å². The Kier molecular flexibility index (Phi) is 4.74. The van der Waals surface area contributed by atoms with Crippen LogP contribution in [0.3, 0.4) is 0 Å². The molecule has 0 amide bonds. The minimum Gasteiger partial charge on any atom is -0.309 e. The standard InChI is InChI=1S/C13H15F3N2/c1-9-3-5-11(6-4-9)10(2)18-8-12(7-17)13(14,15)16/h3-6,10,12,18H,8H2,1-2H3/t10-,12?/m1/s1. The third kappa shape index (κ3) is 4.04. The van der Waals surface area contributed by atoms with Gasteiger partial charge in [0.2, 0.25) is 0 Å². The van der Waals surface area contributed by atoms with Crippen LogP contribution in [0.1, 0.15) is 24.1 Å². The summed E-state index contributed by atoms with van der Waals surface area (Å²) in [5, 5.41) is 11.2. The molecular weight excluding hydrogens is 241 g/mol. The molecule has 2 atom stereocenters. The summed E-state index contributed by atoms with van der Waals surface area (Å²) in [6.45, 7) is 3.32. The van der Waals surface area contributed by atoms with Crippen molar-refractivity contribution >= 4 is 0 Å². The van der Waals surface area contributed by atoms with Gasteiger partial charge in [-0.1, -0.05) is 29.8 Å². The van der Waals surface area contributed by atoms with Crippen molar-refractivity contribution in [1.82, 2.24) is 5.32 Å². The number of alkyl halides is 3. The largest absolute Gasteiger partial charge is 0.405 e. The van der Waals surface area contributed by atoms with E-state index in [0.29, 0.717) is 0 Å². The van der Waals surface area contributed by atoms with Crippen LogP contribution in [0, 0.1) is 24.2 Å². The van der Waals surface area contributed by atoms with Crippen LogP contribution in [0.2, 0.25) is 0 Å². The van der Waals surface area contributed by atoms with Gasteiger partial charge in [-0.15, -0.1) is 0 Å². The molecule has 1 N–H and O–H groups in total. The molecule has 0 aliphatic carbocycles. The summed E-state index contributed by atoms with van der Waals surface area (Å²) in [4.78, 5) is 0. The molecule has 0 heterocycles. The molecule has 0 spiro atoms. The SMILES string of the molecule is Cc1ccc([C@@H](C)NCC(C#N)C(F)(F)F)cc1. The number of halogens is 3. The second kappa shape index (κ2) is 5.87. The number of aryl methyl sites for hydroxylation is 1. The molecule has 1 unspecified atom stereocenters. The molecule has 0 bridgehead atoms. The molecule has 1 rings (SSSR count). The molecule has 0 radical (unpaired) electrons. The van der Waals surface area contributed by atoms with E-state index in [1.165, 1.54) is 6.07 Å². The van der Waals surface area contributed by atoms with E-state index in [-0.39, 0.29) is 6.04 Å². The maximum Gasteiger partial charge on any atom is 0.405 e. The van der Waals surface area contributed by atoms with Crippen LogP contribution in [-0.4, -0.2) is 12.7 Å². The van der Waals surface area contributed by atoms with Crippen molar-refractivity contribution in [3.05, 3.63) is 35.4 Å². The minimum absolute atomic E-state index is 0.219. The van der Waals surface area contributed by atoms with Crippen LogP contribution in [-0.2, 0) is 0 Å². The Bertz CT molecular complexity index is 417. The Morgan fingerprint density at radius 2 is 1.83 bits per heavy atom. The van der Waals surface area contributed by atoms with Gasteiger partial charge in [-0.3, -0.25) is 0 Å². The molecule has 1 aromatic rings. The lowest BCUT2D eigenvalue weighted by Crippen LogP contribution is -2.33. The van der Waals surface area contributed by atoms with Crippen LogP contribution >= 0.6 is 0 Å². The number of benzene rings is 1. The average molecular weight is 256 g/mol. The first kappa shape index (κ1) is 14.5. The summed E-state index contributed by atoms with van der Waals surface area (Å²) < 4.78 is 37.1. The van der Waals surface area contributed by atoms with E-state index in [1.54, 1.807) is 6.92 Å². The zero-order valence-electron chi connectivity index (χ0n) is 10.3. The Morgan fingerprint density at radius 3 is 2.28 bits per heavy atom. The highest BCUT2D eigenvalue weighted by atomic mass is 19.4. The topological polar surface area (TPSA) is 35.8 Å². The molecule has 98 valence electrons. The minimum atomic E-state index is -4.48. The molecule has 0 aliphatic heterocycles. The first-order chi connectivity index (χ1) is 8.34. The number of nitrogens with zero attached hydrogens (tertiary/aromatic N) is 1. The summed E-state index contributed by atoms with van der Waals surface area (Å²) in [7, 11) is 0. The Morgan fingerprint density at radius 1 is 1.28 bits per heavy atom. The van der Waals surface area contributed by atoms with E-state index < -0.39 is 18.6 Å². The first-order valence-corrected chi connectivity index (χ1v) is 5.61. The fourth-order valence-corrected chi connectivity index (χ4v) is 1.50. The zero-order valence-corrected chi connectivity index (χ0v) is 10.3. The van der Waals surface area contributed by atoms with Crippen LogP contribution in [0.25, 0.3) is 0 Å². The molecule has 1 aromatic carbocycles. The highest BCUT2D eigenvalue weighted by molar-refractivity contribution is 5.23. The van der Waals surface area contributed by atoms with Crippen molar-refractivity contribution in [2.75, 3.05) is 6.54 Å². The third-order valence-corrected chi connectivity index (χ3v) is 2.76. The molecule has 2 nitrogen and oxygen atoms in total. The van der Waals surface area contributed by atoms with Crippen molar-refractivity contribution in [3.8, 4) is 6.07 Å². The van der Waals surface area contributed by atoms with Crippen molar-refractivity contribution in [3.63, 3.8) is 0 Å². The molecule has 0 aromatic heterocycles. The van der Waals surface area contributed by atoms with Crippen LogP contribution in [0.5, 0.6) is 0 Å². The lowest BCUT2D eigenvalue weighted by Gasteiger charge is -2.18. The summed E-state index contributed by atoms with van der Waals surface area (Å²) in [5.41, 5.74) is 2.00. The Hall–Kier alpha value is -1.54. The van der Waals surface area contributed by atoms with E-state index in [4.69, 9.17) is 5.26 Å². The van der Waals surface area contributed by atoms with Gasteiger partial charge in [0, 0.05) is 12.6 Å². The quantitative estimate of drug-likeness (QED) is 0.896. The second-order valence-electron chi connectivity index (χ2n) is 4.26. The predicted molar refractivity (Wildman–Crippen MR) is 62.8 cm³/mol. The molecular formula is C13H15F3N2. The summed E-state index contributed by atoms with van der Waals surface area (Å²) in [6.07, 6.45) is -4.48. The number of rotatable bonds is 4. The normalized spacial score (nSPS) is 14.9. The van der Waals surface area contributed by atoms with Crippen LogP contribution in [0.4, 0.5) is 13.2 Å².